The van der Waals surface area contributed by atoms with E-state index in [2.05, 4.69) is 27.5 Å². The zero-order valence-electron chi connectivity index (χ0n) is 27.4. The number of nitrogens with zero attached hydrogens (tertiary/aromatic N) is 7. The molecule has 0 spiro atoms. The fraction of sp³-hybridized carbons (Fsp3) is 0.457. The standard InChI is InChI=1S/C35H37ClF3N7O3/c1-4-26(38)28(36)27-21(2)7-5-8-24(27)30-29(39)31-25(17-41-30)32(44-13-14-46(33(47)22(3)37)23(18-44)9-11-40)43-34(42-31)49-20-35-10-6-12-45(35)15-16-48-19-35/h5,7-8,17,23H,3-4,6,9-10,12-16,18-20H2,1-2H3/b28-26-/t23-,35?/m0/s1. The van der Waals surface area contributed by atoms with Crippen molar-refractivity contribution in [1.29, 1.82) is 5.26 Å². The van der Waals surface area contributed by atoms with Crippen molar-refractivity contribution < 1.29 is 27.4 Å². The summed E-state index contributed by atoms with van der Waals surface area (Å²) < 4.78 is 57.6. The predicted octanol–water partition coefficient (Wildman–Crippen LogP) is 6.08. The maximum absolute atomic E-state index is 16.8. The molecule has 0 saturated carbocycles. The number of aromatic nitrogens is 3. The molecular formula is C35H37ClF3N7O3. The number of amides is 1. The normalized spacial score (nSPS) is 21.7. The fourth-order valence-electron chi connectivity index (χ4n) is 7.06. The lowest BCUT2D eigenvalue weighted by Gasteiger charge is -2.41. The van der Waals surface area contributed by atoms with Gasteiger partial charge in [0.2, 0.25) is 0 Å². The third-order valence-corrected chi connectivity index (χ3v) is 10.0. The number of ether oxygens (including phenoxy) is 2. The Morgan fingerprint density at radius 1 is 1.24 bits per heavy atom. The third-order valence-electron chi connectivity index (χ3n) is 9.63. The Kier molecular flexibility index (Phi) is 10.1. The summed E-state index contributed by atoms with van der Waals surface area (Å²) in [4.78, 5) is 31.7. The van der Waals surface area contributed by atoms with Crippen LogP contribution < -0.4 is 9.64 Å². The van der Waals surface area contributed by atoms with Crippen LogP contribution in [-0.4, -0.2) is 94.8 Å². The molecule has 14 heteroatoms. The monoisotopic (exact) mass is 695 g/mol. The smallest absolute Gasteiger partial charge is 0.319 e. The maximum atomic E-state index is 16.8. The first-order valence-corrected chi connectivity index (χ1v) is 16.7. The predicted molar refractivity (Wildman–Crippen MR) is 180 cm³/mol. The van der Waals surface area contributed by atoms with E-state index in [0.29, 0.717) is 29.9 Å². The van der Waals surface area contributed by atoms with Gasteiger partial charge in [-0.05, 0) is 38.3 Å². The molecule has 0 N–H and O–H groups in total. The second-order valence-electron chi connectivity index (χ2n) is 12.6. The summed E-state index contributed by atoms with van der Waals surface area (Å²) in [6.07, 6.45) is 3.28. The van der Waals surface area contributed by atoms with Gasteiger partial charge in [0.15, 0.2) is 11.6 Å². The molecule has 1 aromatic carbocycles. The van der Waals surface area contributed by atoms with E-state index in [-0.39, 0.29) is 78.1 Å². The topological polar surface area (TPSA) is 108 Å². The van der Waals surface area contributed by atoms with Crippen LogP contribution in [0.15, 0.2) is 42.6 Å². The summed E-state index contributed by atoms with van der Waals surface area (Å²) in [5.74, 6) is -3.03. The van der Waals surface area contributed by atoms with Crippen molar-refractivity contribution in [3.8, 4) is 23.3 Å². The van der Waals surface area contributed by atoms with Crippen molar-refractivity contribution in [2.75, 3.05) is 57.4 Å². The highest BCUT2D eigenvalue weighted by atomic mass is 35.5. The number of anilines is 1. The van der Waals surface area contributed by atoms with E-state index in [0.717, 1.165) is 25.9 Å². The number of aryl methyl sites for hydroxylation is 1. The first-order chi connectivity index (χ1) is 23.6. The molecule has 0 aliphatic carbocycles. The van der Waals surface area contributed by atoms with Crippen LogP contribution >= 0.6 is 11.6 Å². The molecule has 49 heavy (non-hydrogen) atoms. The van der Waals surface area contributed by atoms with Crippen molar-refractivity contribution in [2.24, 2.45) is 0 Å². The summed E-state index contributed by atoms with van der Waals surface area (Å²) in [6, 6.07) is 6.41. The largest absolute Gasteiger partial charge is 0.461 e. The van der Waals surface area contributed by atoms with E-state index in [1.54, 1.807) is 36.9 Å². The van der Waals surface area contributed by atoms with Crippen LogP contribution in [0.2, 0.25) is 0 Å². The summed E-state index contributed by atoms with van der Waals surface area (Å²) in [5, 5.41) is 9.67. The number of piperazine rings is 1. The second-order valence-corrected chi connectivity index (χ2v) is 13.0. The molecule has 3 saturated heterocycles. The Bertz CT molecular complexity index is 1870. The molecule has 258 valence electrons. The molecule has 3 fully saturated rings. The summed E-state index contributed by atoms with van der Waals surface area (Å²) in [6.45, 7) is 9.93. The lowest BCUT2D eigenvalue weighted by Crippen LogP contribution is -2.56. The van der Waals surface area contributed by atoms with E-state index in [9.17, 15) is 18.8 Å². The highest BCUT2D eigenvalue weighted by Gasteiger charge is 2.44. The van der Waals surface area contributed by atoms with E-state index in [4.69, 9.17) is 26.1 Å². The average Bonchev–Trinajstić information content (AvgIpc) is 3.54. The average molecular weight is 696 g/mol. The molecule has 3 aliphatic rings. The van der Waals surface area contributed by atoms with Crippen LogP contribution in [-0.2, 0) is 9.53 Å². The molecule has 0 bridgehead atoms. The third kappa shape index (κ3) is 6.57. The summed E-state index contributed by atoms with van der Waals surface area (Å²) in [5.41, 5.74) is 0.739. The highest BCUT2D eigenvalue weighted by molar-refractivity contribution is 6.49. The number of halogens is 4. The molecule has 3 aromatic rings. The van der Waals surface area contributed by atoms with Crippen LogP contribution in [0, 0.1) is 24.1 Å². The van der Waals surface area contributed by atoms with Gasteiger partial charge in [-0.2, -0.15) is 15.2 Å². The van der Waals surface area contributed by atoms with Crippen molar-refractivity contribution in [1.82, 2.24) is 24.8 Å². The zero-order chi connectivity index (χ0) is 34.9. The zero-order valence-corrected chi connectivity index (χ0v) is 28.2. The van der Waals surface area contributed by atoms with Gasteiger partial charge in [-0.1, -0.05) is 43.3 Å². The van der Waals surface area contributed by atoms with Crippen LogP contribution in [0.1, 0.15) is 43.7 Å². The van der Waals surface area contributed by atoms with Gasteiger partial charge >= 0.3 is 6.01 Å². The SMILES string of the molecule is C=C(F)C(=O)N1CCN(c2nc(OCC34CCCN3CCOC4)nc3c(F)c(-c4cccc(C)c4/C(Cl)=C(/F)CC)ncc23)C[C@@H]1CC#N. The van der Waals surface area contributed by atoms with Gasteiger partial charge in [0.25, 0.3) is 5.91 Å². The van der Waals surface area contributed by atoms with Crippen molar-refractivity contribution >= 4 is 39.3 Å². The number of carbonyl (C=O) groups is 1. The second kappa shape index (κ2) is 14.3. The Morgan fingerprint density at radius 3 is 2.82 bits per heavy atom. The van der Waals surface area contributed by atoms with Gasteiger partial charge in [0.05, 0.1) is 47.7 Å². The van der Waals surface area contributed by atoms with Crippen molar-refractivity contribution in [3.05, 3.63) is 59.6 Å². The van der Waals surface area contributed by atoms with Gasteiger partial charge in [-0.25, -0.2) is 13.2 Å². The minimum absolute atomic E-state index is 0.0621. The minimum Gasteiger partial charge on any atom is -0.461 e. The maximum Gasteiger partial charge on any atom is 0.319 e. The first kappa shape index (κ1) is 34.6. The molecule has 10 nitrogen and oxygen atoms in total. The van der Waals surface area contributed by atoms with E-state index >= 15 is 4.39 Å². The van der Waals surface area contributed by atoms with Crippen LogP contribution in [0.3, 0.4) is 0 Å². The number of benzene rings is 1. The Labute approximate surface area is 287 Å². The molecule has 1 unspecified atom stereocenters. The van der Waals surface area contributed by atoms with Crippen LogP contribution in [0.25, 0.3) is 27.2 Å². The van der Waals surface area contributed by atoms with Crippen LogP contribution in [0.5, 0.6) is 6.01 Å². The van der Waals surface area contributed by atoms with Crippen molar-refractivity contribution in [2.45, 2.75) is 51.1 Å². The number of allylic oxidation sites excluding steroid dienone is 1. The number of rotatable bonds is 9. The molecular weight excluding hydrogens is 659 g/mol. The van der Waals surface area contributed by atoms with Crippen LogP contribution in [0.4, 0.5) is 19.0 Å². The van der Waals surface area contributed by atoms with Crippen molar-refractivity contribution in [3.63, 3.8) is 0 Å². The Balaban J connectivity index is 1.46. The molecule has 0 radical (unpaired) electrons. The van der Waals surface area contributed by atoms with E-state index < -0.39 is 29.4 Å². The Hall–Kier alpha value is -4.25. The number of morpholine rings is 1. The molecule has 3 aliphatic heterocycles. The quantitative estimate of drug-likeness (QED) is 0.246. The van der Waals surface area contributed by atoms with E-state index in [1.807, 2.05) is 0 Å². The number of fused-ring (bicyclic) bond motifs is 2. The first-order valence-electron chi connectivity index (χ1n) is 16.3. The lowest BCUT2D eigenvalue weighted by atomic mass is 9.97. The van der Waals surface area contributed by atoms with Gasteiger partial charge in [0.1, 0.15) is 29.5 Å². The number of carbonyl (C=O) groups excluding carboxylic acids is 1. The molecule has 6 rings (SSSR count). The molecule has 1 amide bonds. The summed E-state index contributed by atoms with van der Waals surface area (Å²) >= 11 is 6.50. The molecule has 5 heterocycles. The highest BCUT2D eigenvalue weighted by Crippen LogP contribution is 2.40. The number of hydrogen-bond donors (Lipinski definition) is 0. The van der Waals surface area contributed by atoms with E-state index in [1.165, 1.54) is 11.1 Å². The Morgan fingerprint density at radius 2 is 2.06 bits per heavy atom. The summed E-state index contributed by atoms with van der Waals surface area (Å²) in [7, 11) is 0. The van der Waals surface area contributed by atoms with Gasteiger partial charge in [-0.15, -0.1) is 0 Å². The van der Waals surface area contributed by atoms with Gasteiger partial charge < -0.3 is 19.3 Å². The minimum atomic E-state index is -1.12. The number of hydrogen-bond acceptors (Lipinski definition) is 9. The number of pyridine rings is 1. The lowest BCUT2D eigenvalue weighted by molar-refractivity contribution is -0.131. The van der Waals surface area contributed by atoms with Gasteiger partial charge in [0, 0.05) is 43.5 Å². The molecule has 2 aromatic heterocycles. The molecule has 2 atom stereocenters. The fourth-order valence-corrected chi connectivity index (χ4v) is 7.45. The van der Waals surface area contributed by atoms with Gasteiger partial charge in [-0.3, -0.25) is 14.7 Å². The number of nitriles is 1.